The van der Waals surface area contributed by atoms with Gasteiger partial charge < -0.3 is 29.4 Å². The van der Waals surface area contributed by atoms with Crippen LogP contribution in [0.15, 0.2) is 79.3 Å². The summed E-state index contributed by atoms with van der Waals surface area (Å²) in [5, 5.41) is 5.78. The summed E-state index contributed by atoms with van der Waals surface area (Å²) in [7, 11) is 0. The number of likely N-dealkylation sites (tertiary alicyclic amines) is 1. The van der Waals surface area contributed by atoms with Crippen molar-refractivity contribution in [2.45, 2.75) is 31.4 Å². The quantitative estimate of drug-likeness (QED) is 0.419. The van der Waals surface area contributed by atoms with Crippen LogP contribution in [0.2, 0.25) is 0 Å². The molecule has 2 N–H and O–H groups in total. The number of ether oxygens (including phenoxy) is 2. The Morgan fingerprint density at radius 3 is 2.58 bits per heavy atom. The number of urea groups is 1. The lowest BCUT2D eigenvalue weighted by Gasteiger charge is -2.35. The summed E-state index contributed by atoms with van der Waals surface area (Å²) in [6, 6.07) is 19.0. The second-order valence-electron chi connectivity index (χ2n) is 9.62. The molecule has 0 saturated carbocycles. The third-order valence-corrected chi connectivity index (χ3v) is 7.15. The highest BCUT2D eigenvalue weighted by Crippen LogP contribution is 2.33. The summed E-state index contributed by atoms with van der Waals surface area (Å²) in [4.78, 5) is 31.5. The van der Waals surface area contributed by atoms with Gasteiger partial charge in [0.05, 0.1) is 0 Å². The number of fused-ring (bicyclic) bond motifs is 2. The zero-order valence-electron chi connectivity index (χ0n) is 20.9. The van der Waals surface area contributed by atoms with Gasteiger partial charge in [-0.1, -0.05) is 24.3 Å². The van der Waals surface area contributed by atoms with E-state index in [4.69, 9.17) is 9.47 Å². The van der Waals surface area contributed by atoms with E-state index in [1.165, 1.54) is 5.56 Å². The SMILES string of the molecule is O=C(NCc1ccn2ccnc2c1)Nc1ccc(C2CCN(C(=O)[C@@H]3COc4ccccc4O3)CC2)cc1. The molecule has 4 heterocycles. The molecule has 0 bridgehead atoms. The maximum absolute atomic E-state index is 13.0. The highest BCUT2D eigenvalue weighted by Gasteiger charge is 2.33. The Labute approximate surface area is 220 Å². The first kappa shape index (κ1) is 23.8. The second kappa shape index (κ2) is 10.5. The minimum absolute atomic E-state index is 0.0202. The molecule has 3 amide bonds. The molecule has 1 saturated heterocycles. The zero-order valence-corrected chi connectivity index (χ0v) is 20.9. The van der Waals surface area contributed by atoms with Crippen molar-refractivity contribution in [2.75, 3.05) is 25.0 Å². The van der Waals surface area contributed by atoms with Gasteiger partial charge in [-0.25, -0.2) is 9.78 Å². The van der Waals surface area contributed by atoms with Crippen LogP contribution < -0.4 is 20.1 Å². The molecular weight excluding hydrogens is 482 g/mol. The predicted molar refractivity (Wildman–Crippen MR) is 142 cm³/mol. The number of hydrogen-bond donors (Lipinski definition) is 2. The summed E-state index contributed by atoms with van der Waals surface area (Å²) in [6.45, 7) is 2.00. The Balaban J connectivity index is 0.972. The molecule has 2 aromatic carbocycles. The second-order valence-corrected chi connectivity index (χ2v) is 9.62. The number of piperidine rings is 1. The number of anilines is 1. The van der Waals surface area contributed by atoms with Crippen LogP contribution in [0.5, 0.6) is 11.5 Å². The molecule has 2 aromatic heterocycles. The molecular formula is C29H29N5O4. The van der Waals surface area contributed by atoms with Crippen LogP contribution in [0.1, 0.15) is 29.9 Å². The molecule has 194 valence electrons. The lowest BCUT2D eigenvalue weighted by molar-refractivity contribution is -0.142. The number of para-hydroxylation sites is 2. The van der Waals surface area contributed by atoms with Crippen LogP contribution >= 0.6 is 0 Å². The van der Waals surface area contributed by atoms with Gasteiger partial charge in [-0.15, -0.1) is 0 Å². The highest BCUT2D eigenvalue weighted by molar-refractivity contribution is 5.89. The fourth-order valence-corrected chi connectivity index (χ4v) is 5.04. The van der Waals surface area contributed by atoms with Crippen LogP contribution in [0, 0.1) is 0 Å². The summed E-state index contributed by atoms with van der Waals surface area (Å²) in [5.41, 5.74) is 3.77. The van der Waals surface area contributed by atoms with E-state index in [-0.39, 0.29) is 18.5 Å². The van der Waals surface area contributed by atoms with Gasteiger partial charge in [0.15, 0.2) is 11.5 Å². The van der Waals surface area contributed by atoms with E-state index in [1.54, 1.807) is 6.20 Å². The van der Waals surface area contributed by atoms with Crippen LogP contribution in [-0.2, 0) is 11.3 Å². The van der Waals surface area contributed by atoms with Crippen molar-refractivity contribution in [3.05, 3.63) is 90.4 Å². The van der Waals surface area contributed by atoms with Crippen LogP contribution in [-0.4, -0.2) is 52.0 Å². The molecule has 0 unspecified atom stereocenters. The van der Waals surface area contributed by atoms with E-state index in [0.29, 0.717) is 37.1 Å². The molecule has 6 rings (SSSR count). The number of hydrogen-bond acceptors (Lipinski definition) is 5. The van der Waals surface area contributed by atoms with Crippen molar-refractivity contribution in [1.29, 1.82) is 0 Å². The van der Waals surface area contributed by atoms with Crippen molar-refractivity contribution in [1.82, 2.24) is 19.6 Å². The lowest BCUT2D eigenvalue weighted by Crippen LogP contribution is -2.48. The zero-order chi connectivity index (χ0) is 25.9. The van der Waals surface area contributed by atoms with E-state index in [0.717, 1.165) is 29.7 Å². The van der Waals surface area contributed by atoms with E-state index >= 15 is 0 Å². The standard InChI is InChI=1S/C29H29N5O4/c35-28(26-19-37-24-3-1-2-4-25(24)38-26)34-14-10-22(11-15-34)21-5-7-23(8-6-21)32-29(36)31-18-20-9-13-33-16-12-30-27(33)17-20/h1-9,12-13,16-17,22,26H,10-11,14-15,18-19H2,(H2,31,32,36)/t26-/m0/s1. The highest BCUT2D eigenvalue weighted by atomic mass is 16.6. The fourth-order valence-electron chi connectivity index (χ4n) is 5.04. The Morgan fingerprint density at radius 2 is 1.76 bits per heavy atom. The largest absolute Gasteiger partial charge is 0.485 e. The van der Waals surface area contributed by atoms with Crippen LogP contribution in [0.25, 0.3) is 5.65 Å². The van der Waals surface area contributed by atoms with Gasteiger partial charge in [0.2, 0.25) is 6.10 Å². The van der Waals surface area contributed by atoms with E-state index in [1.807, 2.05) is 70.2 Å². The van der Waals surface area contributed by atoms with Gasteiger partial charge in [0.25, 0.3) is 5.91 Å². The Kier molecular flexibility index (Phi) is 6.56. The van der Waals surface area contributed by atoms with Crippen LogP contribution in [0.3, 0.4) is 0 Å². The average Bonchev–Trinajstić information content (AvgIpc) is 3.44. The van der Waals surface area contributed by atoms with Crippen molar-refractivity contribution in [3.63, 3.8) is 0 Å². The number of carbonyl (C=O) groups is 2. The molecule has 1 atom stereocenters. The molecule has 0 spiro atoms. The van der Waals surface area contributed by atoms with Gasteiger partial charge in [-0.05, 0) is 66.3 Å². The molecule has 4 aromatic rings. The molecule has 1 fully saturated rings. The lowest BCUT2D eigenvalue weighted by atomic mass is 9.89. The molecule has 9 heteroatoms. The number of benzene rings is 2. The fraction of sp³-hybridized carbons (Fsp3) is 0.276. The minimum atomic E-state index is -0.605. The maximum atomic E-state index is 13.0. The van der Waals surface area contributed by atoms with E-state index in [9.17, 15) is 9.59 Å². The van der Waals surface area contributed by atoms with Gasteiger partial charge in [0.1, 0.15) is 12.3 Å². The normalized spacial score (nSPS) is 17.3. The molecule has 38 heavy (non-hydrogen) atoms. The topological polar surface area (TPSA) is 97.2 Å². The monoisotopic (exact) mass is 511 g/mol. The maximum Gasteiger partial charge on any atom is 0.319 e. The van der Waals surface area contributed by atoms with Crippen molar-refractivity contribution < 1.29 is 19.1 Å². The third kappa shape index (κ3) is 5.13. The molecule has 9 nitrogen and oxygen atoms in total. The van der Waals surface area contributed by atoms with Crippen molar-refractivity contribution >= 4 is 23.3 Å². The minimum Gasteiger partial charge on any atom is -0.485 e. The number of aromatic nitrogens is 2. The Bertz CT molecular complexity index is 1440. The number of amides is 3. The number of nitrogens with zero attached hydrogens (tertiary/aromatic N) is 3. The number of carbonyl (C=O) groups excluding carboxylic acids is 2. The van der Waals surface area contributed by atoms with Gasteiger partial charge in [0, 0.05) is 43.9 Å². The van der Waals surface area contributed by atoms with Gasteiger partial charge in [-0.2, -0.15) is 0 Å². The molecule has 0 radical (unpaired) electrons. The Hall–Kier alpha value is -4.53. The van der Waals surface area contributed by atoms with Crippen molar-refractivity contribution in [2.24, 2.45) is 0 Å². The summed E-state index contributed by atoms with van der Waals surface area (Å²) in [5.74, 6) is 1.64. The summed E-state index contributed by atoms with van der Waals surface area (Å²) < 4.78 is 13.5. The predicted octanol–water partition coefficient (Wildman–Crippen LogP) is 4.20. The Morgan fingerprint density at radius 1 is 0.974 bits per heavy atom. The van der Waals surface area contributed by atoms with Crippen molar-refractivity contribution in [3.8, 4) is 11.5 Å². The number of imidazole rings is 1. The summed E-state index contributed by atoms with van der Waals surface area (Å²) in [6.07, 6.45) is 6.70. The average molecular weight is 512 g/mol. The first-order valence-electron chi connectivity index (χ1n) is 12.9. The third-order valence-electron chi connectivity index (χ3n) is 7.15. The smallest absolute Gasteiger partial charge is 0.319 e. The number of pyridine rings is 1. The molecule has 2 aliphatic heterocycles. The summed E-state index contributed by atoms with van der Waals surface area (Å²) >= 11 is 0. The number of rotatable bonds is 5. The molecule has 0 aliphatic carbocycles. The molecule has 2 aliphatic rings. The van der Waals surface area contributed by atoms with Gasteiger partial charge in [-0.3, -0.25) is 4.79 Å². The first-order valence-corrected chi connectivity index (χ1v) is 12.9. The van der Waals surface area contributed by atoms with E-state index in [2.05, 4.69) is 27.8 Å². The van der Waals surface area contributed by atoms with E-state index < -0.39 is 6.10 Å². The van der Waals surface area contributed by atoms with Crippen LogP contribution in [0.4, 0.5) is 10.5 Å². The number of nitrogens with one attached hydrogen (secondary N) is 2. The van der Waals surface area contributed by atoms with Gasteiger partial charge >= 0.3 is 6.03 Å². The first-order chi connectivity index (χ1) is 18.6.